The van der Waals surface area contributed by atoms with Crippen molar-refractivity contribution >= 4 is 28.6 Å². The van der Waals surface area contributed by atoms with Crippen LogP contribution in [0.5, 0.6) is 0 Å². The van der Waals surface area contributed by atoms with Crippen molar-refractivity contribution in [3.63, 3.8) is 0 Å². The molecule has 0 atom stereocenters. The lowest BCUT2D eigenvalue weighted by molar-refractivity contribution is -0.131. The SMILES string of the molecule is NC(=O)c1ccc(-c2cccc(CC(=O)/C=C/C(=O)O)c2)c2cc[nH]c12. The van der Waals surface area contributed by atoms with Gasteiger partial charge >= 0.3 is 5.97 Å². The van der Waals surface area contributed by atoms with Crippen LogP contribution in [0.15, 0.2) is 60.8 Å². The summed E-state index contributed by atoms with van der Waals surface area (Å²) < 4.78 is 0. The number of primary amides is 1. The summed E-state index contributed by atoms with van der Waals surface area (Å²) in [5.74, 6) is -1.95. The number of nitrogens with two attached hydrogens (primary N) is 1. The van der Waals surface area contributed by atoms with Gasteiger partial charge in [-0.25, -0.2) is 4.79 Å². The van der Waals surface area contributed by atoms with E-state index in [2.05, 4.69) is 4.98 Å². The number of aromatic amines is 1. The molecule has 6 nitrogen and oxygen atoms in total. The molecule has 3 aromatic rings. The van der Waals surface area contributed by atoms with Crippen molar-refractivity contribution in [2.24, 2.45) is 5.73 Å². The molecule has 2 aromatic carbocycles. The van der Waals surface area contributed by atoms with Crippen LogP contribution in [-0.4, -0.2) is 27.8 Å². The van der Waals surface area contributed by atoms with Gasteiger partial charge in [0.1, 0.15) is 0 Å². The molecule has 3 rings (SSSR count). The van der Waals surface area contributed by atoms with E-state index in [9.17, 15) is 14.4 Å². The molecule has 130 valence electrons. The van der Waals surface area contributed by atoms with Gasteiger partial charge in [-0.1, -0.05) is 30.3 Å². The largest absolute Gasteiger partial charge is 0.478 e. The zero-order valence-corrected chi connectivity index (χ0v) is 13.7. The molecule has 0 radical (unpaired) electrons. The number of carbonyl (C=O) groups excluding carboxylic acids is 2. The van der Waals surface area contributed by atoms with Gasteiger partial charge in [0.25, 0.3) is 5.91 Å². The Hall–Kier alpha value is -3.67. The quantitative estimate of drug-likeness (QED) is 0.594. The van der Waals surface area contributed by atoms with Crippen LogP contribution in [0, 0.1) is 0 Å². The van der Waals surface area contributed by atoms with Gasteiger partial charge in [-0.15, -0.1) is 0 Å². The Bertz CT molecular complexity index is 1050. The Balaban J connectivity index is 1.96. The van der Waals surface area contributed by atoms with Crippen LogP contribution in [0.25, 0.3) is 22.0 Å². The van der Waals surface area contributed by atoms with Crippen molar-refractivity contribution in [1.29, 1.82) is 0 Å². The maximum atomic E-state index is 11.8. The Morgan fingerprint density at radius 2 is 1.88 bits per heavy atom. The van der Waals surface area contributed by atoms with Crippen LogP contribution in [-0.2, 0) is 16.0 Å². The van der Waals surface area contributed by atoms with Crippen LogP contribution >= 0.6 is 0 Å². The van der Waals surface area contributed by atoms with Gasteiger partial charge in [0.15, 0.2) is 5.78 Å². The molecule has 0 saturated carbocycles. The van der Waals surface area contributed by atoms with Crippen molar-refractivity contribution in [3.05, 3.63) is 71.9 Å². The molecule has 0 saturated heterocycles. The van der Waals surface area contributed by atoms with E-state index in [0.717, 1.165) is 34.2 Å². The van der Waals surface area contributed by atoms with Crippen LogP contribution in [0.4, 0.5) is 0 Å². The van der Waals surface area contributed by atoms with Gasteiger partial charge in [0, 0.05) is 24.1 Å². The van der Waals surface area contributed by atoms with E-state index < -0.39 is 11.9 Å². The van der Waals surface area contributed by atoms with Gasteiger partial charge in [0.05, 0.1) is 11.1 Å². The fourth-order valence-electron chi connectivity index (χ4n) is 2.89. The van der Waals surface area contributed by atoms with Crippen LogP contribution < -0.4 is 5.73 Å². The third-order valence-corrected chi connectivity index (χ3v) is 4.02. The van der Waals surface area contributed by atoms with Gasteiger partial charge in [0.2, 0.25) is 0 Å². The summed E-state index contributed by atoms with van der Waals surface area (Å²) in [5, 5.41) is 9.44. The number of carbonyl (C=O) groups is 3. The number of ketones is 1. The molecule has 0 aliphatic heterocycles. The molecule has 0 fully saturated rings. The summed E-state index contributed by atoms with van der Waals surface area (Å²) in [7, 11) is 0. The molecular weight excluding hydrogens is 332 g/mol. The van der Waals surface area contributed by atoms with Gasteiger partial charge in [-0.05, 0) is 34.9 Å². The van der Waals surface area contributed by atoms with Gasteiger partial charge in [-0.3, -0.25) is 9.59 Å². The molecule has 1 heterocycles. The molecule has 26 heavy (non-hydrogen) atoms. The number of H-pyrrole nitrogens is 1. The van der Waals surface area contributed by atoms with Crippen LogP contribution in [0.2, 0.25) is 0 Å². The minimum atomic E-state index is -1.16. The first-order chi connectivity index (χ1) is 12.5. The van der Waals surface area contributed by atoms with E-state index in [1.54, 1.807) is 12.3 Å². The molecule has 0 spiro atoms. The van der Waals surface area contributed by atoms with Crippen LogP contribution in [0.3, 0.4) is 0 Å². The number of benzene rings is 2. The van der Waals surface area contributed by atoms with Crippen molar-refractivity contribution < 1.29 is 19.5 Å². The number of hydrogen-bond acceptors (Lipinski definition) is 3. The number of aliphatic carboxylic acids is 1. The van der Waals surface area contributed by atoms with Crippen molar-refractivity contribution in [1.82, 2.24) is 4.98 Å². The minimum absolute atomic E-state index is 0.104. The summed E-state index contributed by atoms with van der Waals surface area (Å²) in [5.41, 5.74) is 9.06. The molecule has 0 bridgehead atoms. The lowest BCUT2D eigenvalue weighted by atomic mass is 9.96. The Morgan fingerprint density at radius 1 is 1.08 bits per heavy atom. The van der Waals surface area contributed by atoms with E-state index in [4.69, 9.17) is 10.8 Å². The van der Waals surface area contributed by atoms with E-state index in [-0.39, 0.29) is 12.2 Å². The highest BCUT2D eigenvalue weighted by Crippen LogP contribution is 2.30. The molecule has 6 heteroatoms. The number of hydrogen-bond donors (Lipinski definition) is 3. The second-order valence-electron chi connectivity index (χ2n) is 5.81. The standard InChI is InChI=1S/C20H16N2O4/c21-20(26)17-6-5-15(16-8-9-22-19(16)17)13-3-1-2-12(10-13)11-14(23)4-7-18(24)25/h1-10,22H,11H2,(H2,21,26)(H,24,25)/b7-4+. The Labute approximate surface area is 148 Å². The number of carboxylic acid groups (broad SMARTS) is 1. The maximum Gasteiger partial charge on any atom is 0.328 e. The average molecular weight is 348 g/mol. The second-order valence-corrected chi connectivity index (χ2v) is 5.81. The Kier molecular flexibility index (Phi) is 4.66. The zero-order valence-electron chi connectivity index (χ0n) is 13.7. The molecule has 0 unspecified atom stereocenters. The smallest absolute Gasteiger partial charge is 0.328 e. The lowest BCUT2D eigenvalue weighted by Gasteiger charge is -2.08. The minimum Gasteiger partial charge on any atom is -0.478 e. The van der Waals surface area contributed by atoms with Gasteiger partial charge < -0.3 is 15.8 Å². The highest BCUT2D eigenvalue weighted by atomic mass is 16.4. The predicted octanol–water partition coefficient (Wildman–Crippen LogP) is 2.69. The number of fused-ring (bicyclic) bond motifs is 1. The van der Waals surface area contributed by atoms with Crippen molar-refractivity contribution in [3.8, 4) is 11.1 Å². The highest BCUT2D eigenvalue weighted by molar-refractivity contribution is 6.09. The monoisotopic (exact) mass is 348 g/mol. The van der Waals surface area contributed by atoms with Crippen molar-refractivity contribution in [2.75, 3.05) is 0 Å². The topological polar surface area (TPSA) is 113 Å². The zero-order chi connectivity index (χ0) is 18.7. The summed E-state index contributed by atoms with van der Waals surface area (Å²) in [6, 6.07) is 12.8. The molecule has 0 aliphatic rings. The Morgan fingerprint density at radius 3 is 2.62 bits per heavy atom. The lowest BCUT2D eigenvalue weighted by Crippen LogP contribution is -2.11. The summed E-state index contributed by atoms with van der Waals surface area (Å²) >= 11 is 0. The first kappa shape index (κ1) is 17.2. The van der Waals surface area contributed by atoms with E-state index in [0.29, 0.717) is 11.1 Å². The first-order valence-electron chi connectivity index (χ1n) is 7.89. The fraction of sp³-hybridized carbons (Fsp3) is 0.0500. The highest BCUT2D eigenvalue weighted by Gasteiger charge is 2.12. The fourth-order valence-corrected chi connectivity index (χ4v) is 2.89. The number of amides is 1. The summed E-state index contributed by atoms with van der Waals surface area (Å²) in [6.07, 6.45) is 3.73. The van der Waals surface area contributed by atoms with Crippen molar-refractivity contribution in [2.45, 2.75) is 6.42 Å². The third kappa shape index (κ3) is 3.54. The second kappa shape index (κ2) is 7.06. The number of allylic oxidation sites excluding steroid dienone is 1. The number of nitrogens with one attached hydrogen (secondary N) is 1. The number of carboxylic acids is 1. The van der Waals surface area contributed by atoms with E-state index >= 15 is 0 Å². The molecule has 1 aromatic heterocycles. The average Bonchev–Trinajstić information content (AvgIpc) is 3.08. The molecule has 1 amide bonds. The number of rotatable bonds is 6. The van der Waals surface area contributed by atoms with E-state index in [1.165, 1.54) is 0 Å². The maximum absolute atomic E-state index is 11.8. The molecule has 0 aliphatic carbocycles. The van der Waals surface area contributed by atoms with Gasteiger partial charge in [-0.2, -0.15) is 0 Å². The predicted molar refractivity (Wildman–Crippen MR) is 97.7 cm³/mol. The van der Waals surface area contributed by atoms with Crippen LogP contribution in [0.1, 0.15) is 15.9 Å². The third-order valence-electron chi connectivity index (χ3n) is 4.02. The molecule has 4 N–H and O–H groups in total. The molecular formula is C20H16N2O4. The normalized spacial score (nSPS) is 11.1. The summed E-state index contributed by atoms with van der Waals surface area (Å²) in [6.45, 7) is 0. The summed E-state index contributed by atoms with van der Waals surface area (Å²) in [4.78, 5) is 36.9. The number of aromatic nitrogens is 1. The first-order valence-corrected chi connectivity index (χ1v) is 7.89. The van der Waals surface area contributed by atoms with E-state index in [1.807, 2.05) is 36.4 Å².